The van der Waals surface area contributed by atoms with Crippen molar-refractivity contribution in [3.05, 3.63) is 29.8 Å². The van der Waals surface area contributed by atoms with E-state index in [1.54, 1.807) is 7.11 Å². The second-order valence-corrected chi connectivity index (χ2v) is 6.10. The van der Waals surface area contributed by atoms with E-state index in [1.807, 2.05) is 24.3 Å². The Morgan fingerprint density at radius 3 is 2.45 bits per heavy atom. The van der Waals surface area contributed by atoms with Gasteiger partial charge in [0.25, 0.3) is 0 Å². The first-order valence-corrected chi connectivity index (χ1v) is 7.61. The second kappa shape index (κ2) is 7.09. The summed E-state index contributed by atoms with van der Waals surface area (Å²) >= 11 is 0. The third-order valence-electron chi connectivity index (χ3n) is 4.61. The van der Waals surface area contributed by atoms with Crippen LogP contribution in [0.15, 0.2) is 24.3 Å². The fourth-order valence-electron chi connectivity index (χ4n) is 2.84. The largest absolute Gasteiger partial charge is 0.497 e. The normalized spacial score (nSPS) is 28.1. The van der Waals surface area contributed by atoms with Crippen LogP contribution in [0.5, 0.6) is 5.75 Å². The number of rotatable bonds is 5. The molecule has 4 unspecified atom stereocenters. The maximum absolute atomic E-state index is 6.20. The molecule has 1 fully saturated rings. The van der Waals surface area contributed by atoms with Crippen LogP contribution in [-0.4, -0.2) is 19.8 Å². The second-order valence-electron chi connectivity index (χ2n) is 6.10. The van der Waals surface area contributed by atoms with Gasteiger partial charge in [0.2, 0.25) is 0 Å². The van der Waals surface area contributed by atoms with Gasteiger partial charge in [-0.3, -0.25) is 0 Å². The SMILES string of the molecule is COc1ccc(C(N)COC2CCC(C)C(C)C2)cc1. The third kappa shape index (κ3) is 3.97. The quantitative estimate of drug-likeness (QED) is 0.895. The molecule has 0 aromatic heterocycles. The predicted octanol–water partition coefficient (Wildman–Crippen LogP) is 3.54. The number of methoxy groups -OCH3 is 1. The summed E-state index contributed by atoms with van der Waals surface area (Å²) < 4.78 is 11.2. The molecule has 0 amide bonds. The zero-order valence-corrected chi connectivity index (χ0v) is 12.8. The van der Waals surface area contributed by atoms with Crippen LogP contribution < -0.4 is 10.5 Å². The van der Waals surface area contributed by atoms with Crippen molar-refractivity contribution in [2.45, 2.75) is 45.3 Å². The molecule has 0 heterocycles. The van der Waals surface area contributed by atoms with E-state index in [0.29, 0.717) is 12.7 Å². The Bertz CT molecular complexity index is 404. The fourth-order valence-corrected chi connectivity index (χ4v) is 2.84. The maximum Gasteiger partial charge on any atom is 0.118 e. The highest BCUT2D eigenvalue weighted by molar-refractivity contribution is 5.28. The molecule has 2 N–H and O–H groups in total. The van der Waals surface area contributed by atoms with Crippen LogP contribution in [0.2, 0.25) is 0 Å². The summed E-state index contributed by atoms with van der Waals surface area (Å²) in [5.74, 6) is 2.44. The molecule has 0 bridgehead atoms. The standard InChI is InChI=1S/C17H27NO2/c1-12-4-7-16(10-13(12)2)20-11-17(18)14-5-8-15(19-3)9-6-14/h5-6,8-9,12-13,16-17H,4,7,10-11,18H2,1-3H3. The van der Waals surface area contributed by atoms with Crippen LogP contribution in [-0.2, 0) is 4.74 Å². The Kier molecular flexibility index (Phi) is 5.44. The first-order chi connectivity index (χ1) is 9.60. The molecule has 1 aliphatic rings. The van der Waals surface area contributed by atoms with Gasteiger partial charge in [-0.1, -0.05) is 26.0 Å². The van der Waals surface area contributed by atoms with Gasteiger partial charge in [-0.05, 0) is 48.8 Å². The van der Waals surface area contributed by atoms with Gasteiger partial charge in [0, 0.05) is 0 Å². The van der Waals surface area contributed by atoms with E-state index in [4.69, 9.17) is 15.2 Å². The summed E-state index contributed by atoms with van der Waals surface area (Å²) in [6.07, 6.45) is 3.98. The average molecular weight is 277 g/mol. The molecule has 3 heteroatoms. The summed E-state index contributed by atoms with van der Waals surface area (Å²) in [6.45, 7) is 5.26. The molecule has 0 radical (unpaired) electrons. The van der Waals surface area contributed by atoms with Crippen molar-refractivity contribution >= 4 is 0 Å². The molecule has 1 aliphatic carbocycles. The van der Waals surface area contributed by atoms with E-state index in [0.717, 1.165) is 29.6 Å². The highest BCUT2D eigenvalue weighted by Crippen LogP contribution is 2.31. The van der Waals surface area contributed by atoms with Crippen LogP contribution in [0, 0.1) is 11.8 Å². The number of hydrogen-bond donors (Lipinski definition) is 1. The molecule has 20 heavy (non-hydrogen) atoms. The summed E-state index contributed by atoms with van der Waals surface area (Å²) in [5, 5.41) is 0. The molecule has 0 spiro atoms. The lowest BCUT2D eigenvalue weighted by molar-refractivity contribution is -0.00363. The maximum atomic E-state index is 6.20. The zero-order chi connectivity index (χ0) is 14.5. The van der Waals surface area contributed by atoms with E-state index in [9.17, 15) is 0 Å². The molecule has 1 aromatic rings. The summed E-state index contributed by atoms with van der Waals surface area (Å²) in [7, 11) is 1.67. The molecule has 4 atom stereocenters. The number of hydrogen-bond acceptors (Lipinski definition) is 3. The molecule has 2 rings (SSSR count). The van der Waals surface area contributed by atoms with Gasteiger partial charge in [-0.2, -0.15) is 0 Å². The minimum atomic E-state index is -0.0597. The Morgan fingerprint density at radius 2 is 1.85 bits per heavy atom. The molecular weight excluding hydrogens is 250 g/mol. The number of ether oxygens (including phenoxy) is 2. The molecule has 112 valence electrons. The van der Waals surface area contributed by atoms with E-state index in [1.165, 1.54) is 12.8 Å². The van der Waals surface area contributed by atoms with Crippen LogP contribution in [0.3, 0.4) is 0 Å². The van der Waals surface area contributed by atoms with Crippen molar-refractivity contribution in [1.29, 1.82) is 0 Å². The van der Waals surface area contributed by atoms with Crippen molar-refractivity contribution in [1.82, 2.24) is 0 Å². The number of benzene rings is 1. The van der Waals surface area contributed by atoms with E-state index >= 15 is 0 Å². The minimum Gasteiger partial charge on any atom is -0.497 e. The summed E-state index contributed by atoms with van der Waals surface area (Å²) in [6, 6.07) is 7.85. The lowest BCUT2D eigenvalue weighted by Crippen LogP contribution is -2.29. The van der Waals surface area contributed by atoms with Crippen LogP contribution in [0.1, 0.15) is 44.7 Å². The van der Waals surface area contributed by atoms with Gasteiger partial charge < -0.3 is 15.2 Å². The zero-order valence-electron chi connectivity index (χ0n) is 12.8. The van der Waals surface area contributed by atoms with E-state index in [-0.39, 0.29) is 6.04 Å². The van der Waals surface area contributed by atoms with Crippen molar-refractivity contribution < 1.29 is 9.47 Å². The van der Waals surface area contributed by atoms with Crippen molar-refractivity contribution in [2.24, 2.45) is 17.6 Å². The van der Waals surface area contributed by atoms with Crippen LogP contribution in [0.25, 0.3) is 0 Å². The van der Waals surface area contributed by atoms with Gasteiger partial charge in [-0.25, -0.2) is 0 Å². The minimum absolute atomic E-state index is 0.0597. The van der Waals surface area contributed by atoms with Crippen molar-refractivity contribution in [2.75, 3.05) is 13.7 Å². The summed E-state index contributed by atoms with van der Waals surface area (Å²) in [4.78, 5) is 0. The van der Waals surface area contributed by atoms with Gasteiger partial charge in [-0.15, -0.1) is 0 Å². The van der Waals surface area contributed by atoms with Crippen LogP contribution >= 0.6 is 0 Å². The first kappa shape index (κ1) is 15.3. The van der Waals surface area contributed by atoms with Gasteiger partial charge >= 0.3 is 0 Å². The molecule has 0 saturated heterocycles. The van der Waals surface area contributed by atoms with E-state index in [2.05, 4.69) is 13.8 Å². The van der Waals surface area contributed by atoms with Crippen molar-refractivity contribution in [3.63, 3.8) is 0 Å². The highest BCUT2D eigenvalue weighted by Gasteiger charge is 2.25. The molecule has 3 nitrogen and oxygen atoms in total. The Morgan fingerprint density at radius 1 is 1.15 bits per heavy atom. The first-order valence-electron chi connectivity index (χ1n) is 7.61. The molecule has 1 saturated carbocycles. The fraction of sp³-hybridized carbons (Fsp3) is 0.647. The lowest BCUT2D eigenvalue weighted by Gasteiger charge is -2.32. The smallest absolute Gasteiger partial charge is 0.118 e. The Balaban J connectivity index is 1.81. The lowest BCUT2D eigenvalue weighted by atomic mass is 9.80. The third-order valence-corrected chi connectivity index (χ3v) is 4.61. The molecule has 0 aliphatic heterocycles. The summed E-state index contributed by atoms with van der Waals surface area (Å²) in [5.41, 5.74) is 7.30. The Labute approximate surface area is 122 Å². The average Bonchev–Trinajstić information content (AvgIpc) is 2.48. The van der Waals surface area contributed by atoms with Crippen LogP contribution in [0.4, 0.5) is 0 Å². The number of nitrogens with two attached hydrogens (primary N) is 1. The molecule has 1 aromatic carbocycles. The van der Waals surface area contributed by atoms with Gasteiger partial charge in [0.15, 0.2) is 0 Å². The van der Waals surface area contributed by atoms with E-state index < -0.39 is 0 Å². The van der Waals surface area contributed by atoms with Gasteiger partial charge in [0.1, 0.15) is 5.75 Å². The van der Waals surface area contributed by atoms with Crippen molar-refractivity contribution in [3.8, 4) is 5.75 Å². The molecular formula is C17H27NO2. The topological polar surface area (TPSA) is 44.5 Å². The Hall–Kier alpha value is -1.06. The highest BCUT2D eigenvalue weighted by atomic mass is 16.5. The van der Waals surface area contributed by atoms with Gasteiger partial charge in [0.05, 0.1) is 25.9 Å². The monoisotopic (exact) mass is 277 g/mol. The predicted molar refractivity (Wildman–Crippen MR) is 81.8 cm³/mol.